The molecule has 2 aromatic heterocycles. The van der Waals surface area contributed by atoms with Gasteiger partial charge in [-0.25, -0.2) is 13.1 Å². The Labute approximate surface area is 141 Å². The first kappa shape index (κ1) is 16.6. The molecule has 8 heteroatoms. The van der Waals surface area contributed by atoms with E-state index in [1.807, 2.05) is 28.8 Å². The van der Waals surface area contributed by atoms with Crippen molar-refractivity contribution in [1.82, 2.24) is 19.1 Å². The van der Waals surface area contributed by atoms with Crippen molar-refractivity contribution in [2.45, 2.75) is 33.0 Å². The molecule has 2 aromatic rings. The van der Waals surface area contributed by atoms with Crippen LogP contribution in [0.1, 0.15) is 20.3 Å². The minimum atomic E-state index is -2.91. The Morgan fingerprint density at radius 1 is 1.43 bits per heavy atom. The zero-order valence-electron chi connectivity index (χ0n) is 13.4. The van der Waals surface area contributed by atoms with Crippen molar-refractivity contribution in [1.29, 1.82) is 0 Å². The molecule has 0 radical (unpaired) electrons. The summed E-state index contributed by atoms with van der Waals surface area (Å²) in [4.78, 5) is 2.21. The first-order valence-electron chi connectivity index (χ1n) is 7.84. The molecule has 0 amide bonds. The predicted octanol–water partition coefficient (Wildman–Crippen LogP) is 1.97. The lowest BCUT2D eigenvalue weighted by molar-refractivity contribution is 0.137. The first-order valence-corrected chi connectivity index (χ1v) is 10.1. The van der Waals surface area contributed by atoms with Crippen LogP contribution in [-0.4, -0.2) is 51.6 Å². The highest BCUT2D eigenvalue weighted by Crippen LogP contribution is 2.20. The predicted molar refractivity (Wildman–Crippen MR) is 92.6 cm³/mol. The van der Waals surface area contributed by atoms with Crippen LogP contribution >= 0.6 is 12.2 Å². The molecule has 0 saturated carbocycles. The van der Waals surface area contributed by atoms with Crippen molar-refractivity contribution >= 4 is 27.7 Å². The van der Waals surface area contributed by atoms with Gasteiger partial charge in [-0.15, -0.1) is 0 Å². The topological polar surface area (TPSA) is 59.6 Å². The summed E-state index contributed by atoms with van der Waals surface area (Å²) in [5, 5.41) is 4.55. The van der Waals surface area contributed by atoms with Gasteiger partial charge in [-0.2, -0.15) is 5.10 Å². The normalized spacial score (nSPS) is 20.8. The molecule has 6 nitrogen and oxygen atoms in total. The smallest absolute Gasteiger partial charge is 0.203 e. The van der Waals surface area contributed by atoms with Crippen LogP contribution in [0, 0.1) is 10.7 Å². The van der Waals surface area contributed by atoms with Gasteiger partial charge in [-0.1, -0.05) is 19.9 Å². The standard InChI is InChI=1S/C15H22N4O2S2/c1-12(2)9-17(13-6-8-23(20,21)10-13)11-19-15(22)18-7-4-3-5-14(18)16-19/h3-5,7,12-13H,6,8-11H2,1-2H3/t13-/m1/s1. The molecule has 0 N–H and O–H groups in total. The van der Waals surface area contributed by atoms with Gasteiger partial charge >= 0.3 is 0 Å². The molecule has 1 aliphatic rings. The second-order valence-corrected chi connectivity index (χ2v) is 9.17. The number of rotatable bonds is 5. The van der Waals surface area contributed by atoms with E-state index >= 15 is 0 Å². The summed E-state index contributed by atoms with van der Waals surface area (Å²) in [6.45, 7) is 5.63. The summed E-state index contributed by atoms with van der Waals surface area (Å²) in [7, 11) is -2.91. The van der Waals surface area contributed by atoms with E-state index in [9.17, 15) is 8.42 Å². The third-order valence-electron chi connectivity index (χ3n) is 4.13. The van der Waals surface area contributed by atoms with Crippen LogP contribution in [-0.2, 0) is 16.5 Å². The number of fused-ring (bicyclic) bond motifs is 1. The second-order valence-electron chi connectivity index (χ2n) is 6.57. The number of hydrogen-bond acceptors (Lipinski definition) is 5. The van der Waals surface area contributed by atoms with E-state index in [-0.39, 0.29) is 17.5 Å². The lowest BCUT2D eigenvalue weighted by Crippen LogP contribution is -2.40. The monoisotopic (exact) mass is 354 g/mol. The Balaban J connectivity index is 1.88. The minimum absolute atomic E-state index is 0.0501. The highest BCUT2D eigenvalue weighted by Gasteiger charge is 2.32. The summed E-state index contributed by atoms with van der Waals surface area (Å²) in [5.41, 5.74) is 0.807. The molecule has 1 fully saturated rings. The molecule has 126 valence electrons. The molecule has 0 unspecified atom stereocenters. The largest absolute Gasteiger partial charge is 0.280 e. The van der Waals surface area contributed by atoms with Crippen molar-refractivity contribution in [3.8, 4) is 0 Å². The zero-order valence-corrected chi connectivity index (χ0v) is 15.1. The van der Waals surface area contributed by atoms with Crippen LogP contribution in [0.3, 0.4) is 0 Å². The minimum Gasteiger partial charge on any atom is -0.280 e. The molecule has 1 aliphatic heterocycles. The number of pyridine rings is 1. The molecule has 3 rings (SSSR count). The van der Waals surface area contributed by atoms with E-state index in [1.54, 1.807) is 4.68 Å². The molecule has 1 atom stereocenters. The van der Waals surface area contributed by atoms with Gasteiger partial charge in [0.05, 0.1) is 18.2 Å². The van der Waals surface area contributed by atoms with Crippen molar-refractivity contribution in [2.24, 2.45) is 5.92 Å². The maximum absolute atomic E-state index is 11.8. The van der Waals surface area contributed by atoms with E-state index in [4.69, 9.17) is 12.2 Å². The lowest BCUT2D eigenvalue weighted by Gasteiger charge is -2.29. The van der Waals surface area contributed by atoms with Gasteiger partial charge in [-0.05, 0) is 36.7 Å². The van der Waals surface area contributed by atoms with Crippen molar-refractivity contribution in [3.05, 3.63) is 29.2 Å². The van der Waals surface area contributed by atoms with Gasteiger partial charge in [0.15, 0.2) is 15.5 Å². The van der Waals surface area contributed by atoms with Gasteiger partial charge in [0.2, 0.25) is 4.77 Å². The fourth-order valence-electron chi connectivity index (χ4n) is 3.09. The molecule has 3 heterocycles. The maximum Gasteiger partial charge on any atom is 0.203 e. The molecule has 0 bridgehead atoms. The Kier molecular flexibility index (Phi) is 4.57. The molecule has 1 saturated heterocycles. The average molecular weight is 355 g/mol. The van der Waals surface area contributed by atoms with Crippen LogP contribution in [0.5, 0.6) is 0 Å². The molecule has 0 aromatic carbocycles. The van der Waals surface area contributed by atoms with Crippen molar-refractivity contribution < 1.29 is 8.42 Å². The molecular formula is C15H22N4O2S2. The average Bonchev–Trinajstić information content (AvgIpc) is 2.99. The van der Waals surface area contributed by atoms with Crippen LogP contribution in [0.4, 0.5) is 0 Å². The fourth-order valence-corrected chi connectivity index (χ4v) is 5.10. The summed E-state index contributed by atoms with van der Waals surface area (Å²) in [6.07, 6.45) is 2.59. The van der Waals surface area contributed by atoms with E-state index in [0.717, 1.165) is 12.2 Å². The highest BCUT2D eigenvalue weighted by atomic mass is 32.2. The third-order valence-corrected chi connectivity index (χ3v) is 6.29. The fraction of sp³-hybridized carbons (Fsp3) is 0.600. The van der Waals surface area contributed by atoms with E-state index in [0.29, 0.717) is 23.8 Å². The number of hydrogen-bond donors (Lipinski definition) is 0. The van der Waals surface area contributed by atoms with Crippen LogP contribution < -0.4 is 0 Å². The Morgan fingerprint density at radius 3 is 2.83 bits per heavy atom. The Morgan fingerprint density at radius 2 is 2.22 bits per heavy atom. The number of aromatic nitrogens is 3. The van der Waals surface area contributed by atoms with Gasteiger partial charge < -0.3 is 0 Å². The lowest BCUT2D eigenvalue weighted by atomic mass is 10.1. The van der Waals surface area contributed by atoms with Gasteiger partial charge in [0.1, 0.15) is 0 Å². The van der Waals surface area contributed by atoms with Gasteiger partial charge in [-0.3, -0.25) is 9.30 Å². The third kappa shape index (κ3) is 3.64. The maximum atomic E-state index is 11.8. The van der Waals surface area contributed by atoms with Crippen LogP contribution in [0.15, 0.2) is 24.4 Å². The first-order chi connectivity index (χ1) is 10.9. The van der Waals surface area contributed by atoms with E-state index in [2.05, 4.69) is 23.8 Å². The van der Waals surface area contributed by atoms with Gasteiger partial charge in [0, 0.05) is 18.8 Å². The summed E-state index contributed by atoms with van der Waals surface area (Å²) in [5.74, 6) is 0.966. The van der Waals surface area contributed by atoms with Crippen LogP contribution in [0.25, 0.3) is 5.65 Å². The summed E-state index contributed by atoms with van der Waals surface area (Å²) >= 11 is 5.50. The summed E-state index contributed by atoms with van der Waals surface area (Å²) < 4.78 is 27.9. The number of sulfone groups is 1. The second kappa shape index (κ2) is 6.33. The molecular weight excluding hydrogens is 332 g/mol. The SMILES string of the molecule is CC(C)CN(Cn1nc2ccccn2c1=S)[C@@H]1CCS(=O)(=O)C1. The van der Waals surface area contributed by atoms with E-state index in [1.165, 1.54) is 0 Å². The zero-order chi connectivity index (χ0) is 16.6. The summed E-state index contributed by atoms with van der Waals surface area (Å²) in [6, 6.07) is 5.81. The molecule has 0 spiro atoms. The Hall–Kier alpha value is -1.25. The number of nitrogens with zero attached hydrogens (tertiary/aromatic N) is 4. The molecule has 23 heavy (non-hydrogen) atoms. The molecule has 0 aliphatic carbocycles. The quantitative estimate of drug-likeness (QED) is 0.768. The van der Waals surface area contributed by atoms with E-state index < -0.39 is 9.84 Å². The Bertz CT molecular complexity index is 854. The van der Waals surface area contributed by atoms with Gasteiger partial charge in [0.25, 0.3) is 0 Å². The van der Waals surface area contributed by atoms with Crippen LogP contribution in [0.2, 0.25) is 0 Å². The van der Waals surface area contributed by atoms with Crippen molar-refractivity contribution in [3.63, 3.8) is 0 Å². The highest BCUT2D eigenvalue weighted by molar-refractivity contribution is 7.91. The van der Waals surface area contributed by atoms with Crippen molar-refractivity contribution in [2.75, 3.05) is 18.1 Å².